The highest BCUT2D eigenvalue weighted by Crippen LogP contribution is 2.53. The summed E-state index contributed by atoms with van der Waals surface area (Å²) >= 11 is 0. The lowest BCUT2D eigenvalue weighted by Crippen LogP contribution is -2.26. The Kier molecular flexibility index (Phi) is 9.92. The minimum absolute atomic E-state index is 0.00569. The fourth-order valence-corrected chi connectivity index (χ4v) is 6.59. The second-order valence-electron chi connectivity index (χ2n) is 10.8. The van der Waals surface area contributed by atoms with E-state index in [1.807, 2.05) is 13.3 Å². The summed E-state index contributed by atoms with van der Waals surface area (Å²) in [6.07, 6.45) is 6.60. The number of hydrogen-bond donors (Lipinski definition) is 0. The Morgan fingerprint density at radius 3 is 2.28 bits per heavy atom. The van der Waals surface area contributed by atoms with Crippen LogP contribution in [0.3, 0.4) is 0 Å². The Labute approximate surface area is 221 Å². The smallest absolute Gasteiger partial charge is 0.126 e. The summed E-state index contributed by atoms with van der Waals surface area (Å²) < 4.78 is 6.70. The topological polar surface area (TPSA) is 21.6 Å². The van der Waals surface area contributed by atoms with Crippen LogP contribution >= 0.6 is 8.58 Å². The van der Waals surface area contributed by atoms with Crippen molar-refractivity contribution in [2.45, 2.75) is 84.4 Å². The minimum Gasteiger partial charge on any atom is -0.488 e. The number of nitrogens with zero attached hydrogens (tertiary/aromatic N) is 1. The maximum absolute atomic E-state index is 6.70. The van der Waals surface area contributed by atoms with E-state index in [2.05, 4.69) is 113 Å². The lowest BCUT2D eigenvalue weighted by Gasteiger charge is -2.37. The van der Waals surface area contributed by atoms with E-state index in [0.29, 0.717) is 15.2 Å². The molecule has 0 aliphatic carbocycles. The lowest BCUT2D eigenvalue weighted by molar-refractivity contribution is 0.295. The van der Waals surface area contributed by atoms with Crippen LogP contribution in [0, 0.1) is 6.92 Å². The van der Waals surface area contributed by atoms with Crippen LogP contribution in [0.4, 0.5) is 0 Å². The Hall–Kier alpha value is -2.44. The molecule has 3 rings (SSSR count). The number of benzene rings is 3. The molecule has 2 atom stereocenters. The molecule has 0 aliphatic rings. The van der Waals surface area contributed by atoms with E-state index in [9.17, 15) is 0 Å². The zero-order valence-corrected chi connectivity index (χ0v) is 24.3. The number of aryl methyl sites for hydroxylation is 1. The monoisotopic (exact) mass is 501 g/mol. The fourth-order valence-electron chi connectivity index (χ4n) is 4.80. The standard InChI is InChI=1S/C33H44NOP/c1-8-10-20-33(9-2,36-30-19-15-14-18-27(30)23-34-7)29-22-28(32(4,5)6)21-25(3)31(29)35-24-26-16-12-11-13-17-26/h11-19,21-23,36H,8-10,20,24H2,1-7H3/b34-23+. The van der Waals surface area contributed by atoms with E-state index in [4.69, 9.17) is 4.74 Å². The first kappa shape index (κ1) is 28.1. The lowest BCUT2D eigenvalue weighted by atomic mass is 9.80. The van der Waals surface area contributed by atoms with Crippen LogP contribution in [0.25, 0.3) is 0 Å². The van der Waals surface area contributed by atoms with Gasteiger partial charge in [-0.3, -0.25) is 4.99 Å². The Morgan fingerprint density at radius 2 is 1.64 bits per heavy atom. The molecule has 0 aliphatic heterocycles. The third-order valence-electron chi connectivity index (χ3n) is 7.05. The van der Waals surface area contributed by atoms with Gasteiger partial charge in [-0.1, -0.05) is 123 Å². The van der Waals surface area contributed by atoms with Gasteiger partial charge in [-0.05, 0) is 52.7 Å². The molecule has 0 amide bonds. The van der Waals surface area contributed by atoms with Gasteiger partial charge in [0.05, 0.1) is 0 Å². The summed E-state index contributed by atoms with van der Waals surface area (Å²) in [5.74, 6) is 1.07. The van der Waals surface area contributed by atoms with E-state index in [1.54, 1.807) is 0 Å². The van der Waals surface area contributed by atoms with Crippen molar-refractivity contribution in [3.8, 4) is 5.75 Å². The van der Waals surface area contributed by atoms with Crippen molar-refractivity contribution in [1.29, 1.82) is 0 Å². The second-order valence-corrected chi connectivity index (χ2v) is 12.6. The average molecular weight is 502 g/mol. The first-order valence-electron chi connectivity index (χ1n) is 13.4. The van der Waals surface area contributed by atoms with Crippen LogP contribution in [-0.2, 0) is 17.2 Å². The predicted molar refractivity (Wildman–Crippen MR) is 160 cm³/mol. The van der Waals surface area contributed by atoms with Gasteiger partial charge in [-0.2, -0.15) is 0 Å². The van der Waals surface area contributed by atoms with Gasteiger partial charge in [0.1, 0.15) is 12.4 Å². The van der Waals surface area contributed by atoms with Crippen molar-refractivity contribution in [1.82, 2.24) is 0 Å². The van der Waals surface area contributed by atoms with E-state index in [-0.39, 0.29) is 10.6 Å². The van der Waals surface area contributed by atoms with E-state index >= 15 is 0 Å². The summed E-state index contributed by atoms with van der Waals surface area (Å²) in [6, 6.07) is 24.1. The predicted octanol–water partition coefficient (Wildman–Crippen LogP) is 8.72. The molecule has 3 aromatic rings. The maximum Gasteiger partial charge on any atom is 0.126 e. The zero-order valence-electron chi connectivity index (χ0n) is 23.3. The number of hydrogen-bond acceptors (Lipinski definition) is 2. The van der Waals surface area contributed by atoms with Gasteiger partial charge in [0.25, 0.3) is 0 Å². The highest BCUT2D eigenvalue weighted by molar-refractivity contribution is 7.48. The quantitative estimate of drug-likeness (QED) is 0.190. The van der Waals surface area contributed by atoms with Crippen LogP contribution in [0.15, 0.2) is 71.7 Å². The van der Waals surface area contributed by atoms with Gasteiger partial charge >= 0.3 is 0 Å². The van der Waals surface area contributed by atoms with Crippen molar-refractivity contribution in [3.05, 3.63) is 94.5 Å². The van der Waals surface area contributed by atoms with Gasteiger partial charge in [0.15, 0.2) is 0 Å². The normalized spacial score (nSPS) is 14.0. The second kappa shape index (κ2) is 12.7. The molecule has 192 valence electrons. The minimum atomic E-state index is 0.00569. The molecule has 0 fully saturated rings. The number of unbranched alkanes of at least 4 members (excludes halogenated alkanes) is 1. The van der Waals surface area contributed by atoms with E-state index in [0.717, 1.165) is 18.6 Å². The number of aliphatic imine (C=N–C) groups is 1. The van der Waals surface area contributed by atoms with Crippen LogP contribution in [0.5, 0.6) is 5.75 Å². The molecule has 3 heteroatoms. The molecule has 0 N–H and O–H groups in total. The molecular weight excluding hydrogens is 457 g/mol. The van der Waals surface area contributed by atoms with Crippen molar-refractivity contribution >= 4 is 20.1 Å². The highest BCUT2D eigenvalue weighted by atomic mass is 31.1. The third-order valence-corrected chi connectivity index (χ3v) is 9.12. The fraction of sp³-hybridized carbons (Fsp3) is 0.424. The molecule has 3 aromatic carbocycles. The van der Waals surface area contributed by atoms with Gasteiger partial charge in [0.2, 0.25) is 0 Å². The summed E-state index contributed by atoms with van der Waals surface area (Å²) in [6.45, 7) is 14.4. The van der Waals surface area contributed by atoms with Crippen LogP contribution in [0.2, 0.25) is 0 Å². The SMILES string of the molecule is CCCCC(CC)(Pc1ccccc1/C=N/C)c1cc(C(C)(C)C)cc(C)c1OCc1ccccc1. The molecule has 2 nitrogen and oxygen atoms in total. The maximum atomic E-state index is 6.70. The van der Waals surface area contributed by atoms with Crippen LogP contribution in [-0.4, -0.2) is 13.3 Å². The van der Waals surface area contributed by atoms with Crippen molar-refractivity contribution in [2.75, 3.05) is 7.05 Å². The van der Waals surface area contributed by atoms with Gasteiger partial charge < -0.3 is 4.74 Å². The first-order valence-corrected chi connectivity index (χ1v) is 14.4. The first-order chi connectivity index (χ1) is 17.2. The molecule has 0 bridgehead atoms. The number of rotatable bonds is 11. The molecule has 2 unspecified atom stereocenters. The Morgan fingerprint density at radius 1 is 0.944 bits per heavy atom. The molecule has 0 radical (unpaired) electrons. The average Bonchev–Trinajstić information content (AvgIpc) is 2.87. The Balaban J connectivity index is 2.20. The van der Waals surface area contributed by atoms with E-state index < -0.39 is 0 Å². The molecule has 0 saturated heterocycles. The van der Waals surface area contributed by atoms with Crippen molar-refractivity contribution < 1.29 is 4.74 Å². The molecule has 0 heterocycles. The zero-order chi connectivity index (χ0) is 26.2. The van der Waals surface area contributed by atoms with Gasteiger partial charge in [0, 0.05) is 24.0 Å². The van der Waals surface area contributed by atoms with Crippen LogP contribution < -0.4 is 10.0 Å². The third kappa shape index (κ3) is 6.86. The number of ether oxygens (including phenoxy) is 1. The molecule has 36 heavy (non-hydrogen) atoms. The van der Waals surface area contributed by atoms with Gasteiger partial charge in [-0.15, -0.1) is 0 Å². The molecular formula is C33H44NOP. The molecule has 0 aromatic heterocycles. The van der Waals surface area contributed by atoms with Gasteiger partial charge in [-0.25, -0.2) is 0 Å². The molecule has 0 saturated carbocycles. The van der Waals surface area contributed by atoms with Crippen molar-refractivity contribution in [3.63, 3.8) is 0 Å². The summed E-state index contributed by atoms with van der Waals surface area (Å²) in [7, 11) is 2.49. The molecule has 0 spiro atoms. The largest absolute Gasteiger partial charge is 0.488 e. The highest BCUT2D eigenvalue weighted by Gasteiger charge is 2.35. The van der Waals surface area contributed by atoms with E-state index in [1.165, 1.54) is 46.0 Å². The van der Waals surface area contributed by atoms with Crippen LogP contribution in [0.1, 0.15) is 88.1 Å². The Bertz CT molecular complexity index is 1150. The summed E-state index contributed by atoms with van der Waals surface area (Å²) in [5.41, 5.74) is 6.48. The summed E-state index contributed by atoms with van der Waals surface area (Å²) in [4.78, 5) is 4.35. The summed E-state index contributed by atoms with van der Waals surface area (Å²) in [5, 5.41) is 1.39. The van der Waals surface area contributed by atoms with Crippen molar-refractivity contribution in [2.24, 2.45) is 4.99 Å².